The molecule has 116 valence electrons. The molecule has 2 aromatic heterocycles. The van der Waals surface area contributed by atoms with E-state index in [1.807, 2.05) is 29.6 Å². The number of carbonyl (C=O) groups excluding carboxylic acids is 1. The SMILES string of the molecule is Nc1ccc(Cc2cscc2C(=O)C=C(O)c2nc[nH]n2)cc1. The summed E-state index contributed by atoms with van der Waals surface area (Å²) in [5.41, 5.74) is 8.91. The van der Waals surface area contributed by atoms with Crippen molar-refractivity contribution in [2.24, 2.45) is 0 Å². The molecule has 0 aliphatic rings. The molecule has 0 spiro atoms. The number of ketones is 1. The second-order valence-electron chi connectivity index (χ2n) is 4.95. The Kier molecular flexibility index (Phi) is 4.20. The van der Waals surface area contributed by atoms with Gasteiger partial charge in [-0.1, -0.05) is 12.1 Å². The summed E-state index contributed by atoms with van der Waals surface area (Å²) in [5.74, 6) is -0.450. The molecule has 0 aliphatic heterocycles. The largest absolute Gasteiger partial charge is 0.504 e. The van der Waals surface area contributed by atoms with Crippen molar-refractivity contribution in [1.29, 1.82) is 0 Å². The minimum Gasteiger partial charge on any atom is -0.504 e. The minimum absolute atomic E-state index is 0.0914. The third-order valence-electron chi connectivity index (χ3n) is 3.29. The number of aromatic nitrogens is 3. The smallest absolute Gasteiger partial charge is 0.215 e. The Balaban J connectivity index is 1.81. The number of nitrogens with one attached hydrogen (secondary N) is 1. The van der Waals surface area contributed by atoms with Gasteiger partial charge in [-0.05, 0) is 35.1 Å². The lowest BCUT2D eigenvalue weighted by Gasteiger charge is -2.03. The van der Waals surface area contributed by atoms with E-state index < -0.39 is 0 Å². The van der Waals surface area contributed by atoms with E-state index >= 15 is 0 Å². The molecule has 3 rings (SSSR count). The van der Waals surface area contributed by atoms with Crippen molar-refractivity contribution in [2.75, 3.05) is 5.73 Å². The third-order valence-corrected chi connectivity index (χ3v) is 4.09. The summed E-state index contributed by atoms with van der Waals surface area (Å²) in [5, 5.41) is 19.8. The van der Waals surface area contributed by atoms with Crippen LogP contribution in [0.3, 0.4) is 0 Å². The highest BCUT2D eigenvalue weighted by Crippen LogP contribution is 2.21. The van der Waals surface area contributed by atoms with Gasteiger partial charge in [0.15, 0.2) is 11.5 Å². The first-order chi connectivity index (χ1) is 11.1. The van der Waals surface area contributed by atoms with Crippen LogP contribution in [0.15, 0.2) is 47.4 Å². The number of nitrogen functional groups attached to an aromatic ring is 1. The van der Waals surface area contributed by atoms with Crippen LogP contribution in [0, 0.1) is 0 Å². The molecule has 7 heteroatoms. The second-order valence-corrected chi connectivity index (χ2v) is 5.69. The number of rotatable bonds is 5. The molecule has 0 fully saturated rings. The first-order valence-corrected chi connectivity index (χ1v) is 7.78. The summed E-state index contributed by atoms with van der Waals surface area (Å²) in [6.07, 6.45) is 3.10. The molecular formula is C16H14N4O2S. The number of benzene rings is 1. The fourth-order valence-electron chi connectivity index (χ4n) is 2.13. The first-order valence-electron chi connectivity index (χ1n) is 6.84. The van der Waals surface area contributed by atoms with E-state index in [-0.39, 0.29) is 17.4 Å². The maximum atomic E-state index is 12.4. The molecule has 0 amide bonds. The van der Waals surface area contributed by atoms with Gasteiger partial charge >= 0.3 is 0 Å². The molecule has 0 bridgehead atoms. The van der Waals surface area contributed by atoms with Gasteiger partial charge in [0.1, 0.15) is 6.33 Å². The van der Waals surface area contributed by atoms with Gasteiger partial charge in [0.05, 0.1) is 0 Å². The predicted octanol–water partition coefficient (Wildman–Crippen LogP) is 2.82. The van der Waals surface area contributed by atoms with E-state index in [4.69, 9.17) is 5.73 Å². The molecule has 0 unspecified atom stereocenters. The molecular weight excluding hydrogens is 312 g/mol. The Hall–Kier alpha value is -2.93. The molecule has 6 nitrogen and oxygen atoms in total. The van der Waals surface area contributed by atoms with Crippen LogP contribution in [-0.4, -0.2) is 26.1 Å². The Morgan fingerprint density at radius 3 is 2.78 bits per heavy atom. The fourth-order valence-corrected chi connectivity index (χ4v) is 2.98. The second kappa shape index (κ2) is 6.45. The lowest BCUT2D eigenvalue weighted by atomic mass is 10.0. The maximum absolute atomic E-state index is 12.4. The van der Waals surface area contributed by atoms with E-state index in [0.717, 1.165) is 17.2 Å². The van der Waals surface area contributed by atoms with Crippen molar-refractivity contribution in [3.8, 4) is 0 Å². The fraction of sp³-hybridized carbons (Fsp3) is 0.0625. The van der Waals surface area contributed by atoms with Crippen LogP contribution >= 0.6 is 11.3 Å². The van der Waals surface area contributed by atoms with Crippen molar-refractivity contribution in [2.45, 2.75) is 6.42 Å². The Bertz CT molecular complexity index is 835. The number of hydrogen-bond acceptors (Lipinski definition) is 6. The molecule has 0 saturated carbocycles. The number of allylic oxidation sites excluding steroid dienone is 1. The lowest BCUT2D eigenvalue weighted by Crippen LogP contribution is -2.00. The first kappa shape index (κ1) is 15.0. The van der Waals surface area contributed by atoms with Crippen molar-refractivity contribution in [1.82, 2.24) is 15.2 Å². The molecule has 3 aromatic rings. The number of carbonyl (C=O) groups is 1. The Labute approximate surface area is 136 Å². The third kappa shape index (κ3) is 3.46. The van der Waals surface area contributed by atoms with E-state index in [2.05, 4.69) is 15.2 Å². The van der Waals surface area contributed by atoms with Crippen molar-refractivity contribution >= 4 is 28.6 Å². The number of aliphatic hydroxyl groups is 1. The number of nitrogens with zero attached hydrogens (tertiary/aromatic N) is 2. The number of thiophene rings is 1. The topological polar surface area (TPSA) is 105 Å². The molecule has 0 radical (unpaired) electrons. The summed E-state index contributed by atoms with van der Waals surface area (Å²) in [6, 6.07) is 7.53. The van der Waals surface area contributed by atoms with Crippen molar-refractivity contribution < 1.29 is 9.90 Å². The van der Waals surface area contributed by atoms with E-state index in [1.165, 1.54) is 17.7 Å². The van der Waals surface area contributed by atoms with E-state index in [9.17, 15) is 9.90 Å². The van der Waals surface area contributed by atoms with Crippen LogP contribution in [0.5, 0.6) is 0 Å². The van der Waals surface area contributed by atoms with Crippen LogP contribution in [0.1, 0.15) is 27.3 Å². The summed E-state index contributed by atoms with van der Waals surface area (Å²) in [4.78, 5) is 16.2. The van der Waals surface area contributed by atoms with Crippen molar-refractivity contribution in [3.63, 3.8) is 0 Å². The lowest BCUT2D eigenvalue weighted by molar-refractivity contribution is 0.104. The van der Waals surface area contributed by atoms with Gasteiger partial charge in [-0.3, -0.25) is 9.89 Å². The van der Waals surface area contributed by atoms with Gasteiger partial charge in [0.2, 0.25) is 5.82 Å². The molecule has 0 saturated heterocycles. The van der Waals surface area contributed by atoms with Crippen LogP contribution in [0.4, 0.5) is 5.69 Å². The highest BCUT2D eigenvalue weighted by atomic mass is 32.1. The van der Waals surface area contributed by atoms with Gasteiger partial charge in [-0.25, -0.2) is 4.98 Å². The van der Waals surface area contributed by atoms with Crippen LogP contribution in [0.25, 0.3) is 5.76 Å². The summed E-state index contributed by atoms with van der Waals surface area (Å²) < 4.78 is 0. The Morgan fingerprint density at radius 1 is 1.30 bits per heavy atom. The van der Waals surface area contributed by atoms with Crippen molar-refractivity contribution in [3.05, 3.63) is 69.9 Å². The zero-order chi connectivity index (χ0) is 16.2. The number of aromatic amines is 1. The monoisotopic (exact) mass is 326 g/mol. The molecule has 2 heterocycles. The maximum Gasteiger partial charge on any atom is 0.215 e. The summed E-state index contributed by atoms with van der Waals surface area (Å²) >= 11 is 1.45. The van der Waals surface area contributed by atoms with Crippen LogP contribution in [-0.2, 0) is 6.42 Å². The standard InChI is InChI=1S/C16H14N4O2S/c17-12-3-1-10(2-4-12)5-11-7-23-8-13(11)14(21)6-15(22)16-18-9-19-20-16/h1-4,6-9,22H,5,17H2,(H,18,19,20). The molecule has 4 N–H and O–H groups in total. The zero-order valence-electron chi connectivity index (χ0n) is 12.1. The van der Waals surface area contributed by atoms with E-state index in [1.54, 1.807) is 5.38 Å². The number of hydrogen-bond donors (Lipinski definition) is 3. The number of aliphatic hydroxyl groups excluding tert-OH is 1. The number of nitrogens with two attached hydrogens (primary N) is 1. The number of H-pyrrole nitrogens is 1. The van der Waals surface area contributed by atoms with Gasteiger partial charge < -0.3 is 10.8 Å². The summed E-state index contributed by atoms with van der Waals surface area (Å²) in [7, 11) is 0. The van der Waals surface area contributed by atoms with Crippen LogP contribution in [0.2, 0.25) is 0 Å². The van der Waals surface area contributed by atoms with Gasteiger partial charge in [0.25, 0.3) is 0 Å². The van der Waals surface area contributed by atoms with Gasteiger partial charge in [0, 0.05) is 22.7 Å². The average molecular weight is 326 g/mol. The van der Waals surface area contributed by atoms with Gasteiger partial charge in [-0.2, -0.15) is 16.4 Å². The highest BCUT2D eigenvalue weighted by molar-refractivity contribution is 7.08. The average Bonchev–Trinajstić information content (AvgIpc) is 3.20. The van der Waals surface area contributed by atoms with Crippen LogP contribution < -0.4 is 5.73 Å². The highest BCUT2D eigenvalue weighted by Gasteiger charge is 2.14. The van der Waals surface area contributed by atoms with Gasteiger partial charge in [-0.15, -0.1) is 0 Å². The normalized spacial score (nSPS) is 11.6. The molecule has 0 atom stereocenters. The minimum atomic E-state index is -0.279. The molecule has 23 heavy (non-hydrogen) atoms. The number of anilines is 1. The van der Waals surface area contributed by atoms with E-state index in [0.29, 0.717) is 17.7 Å². The quantitative estimate of drug-likeness (QED) is 0.289. The predicted molar refractivity (Wildman–Crippen MR) is 89.3 cm³/mol. The summed E-state index contributed by atoms with van der Waals surface area (Å²) in [6.45, 7) is 0. The molecule has 1 aromatic carbocycles. The zero-order valence-corrected chi connectivity index (χ0v) is 12.9. The molecule has 0 aliphatic carbocycles. The Morgan fingerprint density at radius 2 is 2.09 bits per heavy atom.